The van der Waals surface area contributed by atoms with Crippen LogP contribution in [-0.2, 0) is 25.7 Å². The standard InChI is InChI=1S/C72H90OS2/c1-9-17-31-51(13-5)47-63-57-39-27-29-41-59(57)65(49-53(15-7)33-19-11-3)69-61(63)43-45-67(74-55-35-23-21-24-36-55)71(69)73-72-68(75-56-37-25-22-26-38-56)46-44-62-64(48-52(14-6)32-18-10-2)58-40-28-30-42-60(58)66(70(62)72)50-54(16-8)34-20-12-4/h21-30,35-46,51-54H,9-20,31-34,47-50H2,1-8H3. The van der Waals surface area contributed by atoms with Crippen molar-refractivity contribution in [3.63, 3.8) is 0 Å². The van der Waals surface area contributed by atoms with Crippen LogP contribution in [0.5, 0.6) is 11.5 Å². The molecule has 0 bridgehead atoms. The molecule has 0 N–H and O–H groups in total. The van der Waals surface area contributed by atoms with Gasteiger partial charge in [0.15, 0.2) is 0 Å². The molecule has 4 atom stereocenters. The summed E-state index contributed by atoms with van der Waals surface area (Å²) in [4.78, 5) is 4.83. The van der Waals surface area contributed by atoms with Gasteiger partial charge in [-0.2, -0.15) is 0 Å². The van der Waals surface area contributed by atoms with Gasteiger partial charge in [-0.1, -0.05) is 279 Å². The van der Waals surface area contributed by atoms with Crippen LogP contribution in [0.15, 0.2) is 153 Å². The molecule has 4 unspecified atom stereocenters. The largest absolute Gasteiger partial charge is 0.454 e. The molecule has 0 aromatic heterocycles. The smallest absolute Gasteiger partial charge is 0.149 e. The van der Waals surface area contributed by atoms with Crippen LogP contribution in [0.1, 0.15) is 180 Å². The minimum Gasteiger partial charge on any atom is -0.454 e. The molecule has 0 fully saturated rings. The van der Waals surface area contributed by atoms with E-state index >= 15 is 0 Å². The SMILES string of the molecule is CCCCC(CC)Cc1c2ccccc2c(CC(CC)CCCC)c2c(Oc3c(Sc4ccccc4)ccc4c(CC(CC)CCCC)c5ccccc5c(CC(CC)CCCC)c34)c(Sc3ccccc3)ccc12. The molecule has 0 heterocycles. The van der Waals surface area contributed by atoms with Gasteiger partial charge in [0, 0.05) is 20.6 Å². The van der Waals surface area contributed by atoms with Gasteiger partial charge >= 0.3 is 0 Å². The van der Waals surface area contributed by atoms with Crippen molar-refractivity contribution in [3.8, 4) is 11.5 Å². The molecule has 8 aromatic carbocycles. The lowest BCUT2D eigenvalue weighted by atomic mass is 9.81. The van der Waals surface area contributed by atoms with Crippen molar-refractivity contribution in [2.45, 2.75) is 203 Å². The first-order valence-electron chi connectivity index (χ1n) is 30.0. The summed E-state index contributed by atoms with van der Waals surface area (Å²) in [5, 5.41) is 11.1. The molecule has 0 radical (unpaired) electrons. The summed E-state index contributed by atoms with van der Waals surface area (Å²) in [6.45, 7) is 19.1. The van der Waals surface area contributed by atoms with Gasteiger partial charge in [0.25, 0.3) is 0 Å². The summed E-state index contributed by atoms with van der Waals surface area (Å²) in [6.07, 6.45) is 23.8. The third-order valence-corrected chi connectivity index (χ3v) is 19.0. The van der Waals surface area contributed by atoms with Gasteiger partial charge < -0.3 is 4.74 Å². The van der Waals surface area contributed by atoms with Gasteiger partial charge in [-0.3, -0.25) is 0 Å². The van der Waals surface area contributed by atoms with Gasteiger partial charge in [-0.05, 0) is 140 Å². The zero-order chi connectivity index (χ0) is 52.5. The van der Waals surface area contributed by atoms with Crippen molar-refractivity contribution in [3.05, 3.63) is 156 Å². The second-order valence-electron chi connectivity index (χ2n) is 22.1. The lowest BCUT2D eigenvalue weighted by molar-refractivity contribution is 0.446. The molecule has 0 amide bonds. The molecular weight excluding hydrogens is 945 g/mol. The second kappa shape index (κ2) is 28.6. The van der Waals surface area contributed by atoms with Crippen molar-refractivity contribution >= 4 is 66.6 Å². The molecule has 1 nitrogen and oxygen atoms in total. The highest BCUT2D eigenvalue weighted by Crippen LogP contribution is 2.53. The van der Waals surface area contributed by atoms with Gasteiger partial charge in [0.2, 0.25) is 0 Å². The highest BCUT2D eigenvalue weighted by molar-refractivity contribution is 7.99. The van der Waals surface area contributed by atoms with Crippen molar-refractivity contribution in [2.24, 2.45) is 23.7 Å². The summed E-state index contributed by atoms with van der Waals surface area (Å²) in [5.41, 5.74) is 5.94. The topological polar surface area (TPSA) is 9.23 Å². The summed E-state index contributed by atoms with van der Waals surface area (Å²) >= 11 is 3.74. The van der Waals surface area contributed by atoms with E-state index in [0.717, 1.165) is 50.0 Å². The molecular formula is C72H90OS2. The zero-order valence-corrected chi connectivity index (χ0v) is 49.0. The van der Waals surface area contributed by atoms with Crippen LogP contribution in [0.3, 0.4) is 0 Å². The van der Waals surface area contributed by atoms with Crippen LogP contribution in [0.25, 0.3) is 43.1 Å². The van der Waals surface area contributed by atoms with Gasteiger partial charge in [0.05, 0.1) is 9.79 Å². The monoisotopic (exact) mass is 1030 g/mol. The number of hydrogen-bond donors (Lipinski definition) is 0. The summed E-state index contributed by atoms with van der Waals surface area (Å²) in [6, 6.07) is 51.1. The Morgan fingerprint density at radius 3 is 0.920 bits per heavy atom. The number of fused-ring (bicyclic) bond motifs is 4. The molecule has 8 aromatic rings. The molecule has 396 valence electrons. The fourth-order valence-corrected chi connectivity index (χ4v) is 14.1. The predicted octanol–water partition coefficient (Wildman–Crippen LogP) is 23.4. The molecule has 0 aliphatic heterocycles. The van der Waals surface area contributed by atoms with Crippen LogP contribution in [-0.4, -0.2) is 0 Å². The first-order chi connectivity index (χ1) is 36.9. The third kappa shape index (κ3) is 13.7. The van der Waals surface area contributed by atoms with E-state index in [4.69, 9.17) is 4.74 Å². The maximum absolute atomic E-state index is 8.44. The Morgan fingerprint density at radius 1 is 0.320 bits per heavy atom. The van der Waals surface area contributed by atoms with Gasteiger partial charge in [-0.15, -0.1) is 0 Å². The molecule has 8 rings (SSSR count). The Bertz CT molecular complexity index is 2840. The van der Waals surface area contributed by atoms with Crippen LogP contribution >= 0.6 is 23.5 Å². The zero-order valence-electron chi connectivity index (χ0n) is 47.4. The van der Waals surface area contributed by atoms with Crippen LogP contribution in [0.4, 0.5) is 0 Å². The highest BCUT2D eigenvalue weighted by Gasteiger charge is 2.28. The van der Waals surface area contributed by atoms with E-state index in [1.165, 1.54) is 175 Å². The molecule has 75 heavy (non-hydrogen) atoms. The van der Waals surface area contributed by atoms with Crippen LogP contribution in [0, 0.1) is 23.7 Å². The minimum atomic E-state index is 0.573. The first-order valence-corrected chi connectivity index (χ1v) is 31.6. The van der Waals surface area contributed by atoms with E-state index in [2.05, 4.69) is 189 Å². The van der Waals surface area contributed by atoms with E-state index < -0.39 is 0 Å². The van der Waals surface area contributed by atoms with Crippen LogP contribution < -0.4 is 4.74 Å². The minimum absolute atomic E-state index is 0.573. The summed E-state index contributed by atoms with van der Waals surface area (Å²) in [5.74, 6) is 4.44. The summed E-state index contributed by atoms with van der Waals surface area (Å²) in [7, 11) is 0. The second-order valence-corrected chi connectivity index (χ2v) is 24.3. The molecule has 0 saturated carbocycles. The van der Waals surface area contributed by atoms with E-state index in [1.807, 2.05) is 23.5 Å². The molecule has 0 aliphatic rings. The average Bonchev–Trinajstić information content (AvgIpc) is 3.46. The van der Waals surface area contributed by atoms with Crippen molar-refractivity contribution in [1.82, 2.24) is 0 Å². The fraction of sp³-hybridized carbons (Fsp3) is 0.444. The Balaban J connectivity index is 1.54. The van der Waals surface area contributed by atoms with E-state index in [1.54, 1.807) is 0 Å². The van der Waals surface area contributed by atoms with Crippen LogP contribution in [0.2, 0.25) is 0 Å². The third-order valence-electron chi connectivity index (χ3n) is 16.9. The van der Waals surface area contributed by atoms with E-state index in [-0.39, 0.29) is 0 Å². The lowest BCUT2D eigenvalue weighted by Crippen LogP contribution is -2.10. The Hall–Kier alpha value is -4.70. The number of unbranched alkanes of at least 4 members (excludes halogenated alkanes) is 4. The molecule has 0 aliphatic carbocycles. The number of rotatable bonds is 30. The number of hydrogen-bond acceptors (Lipinski definition) is 3. The number of ether oxygens (including phenoxy) is 1. The highest BCUT2D eigenvalue weighted by atomic mass is 32.2. The fourth-order valence-electron chi connectivity index (χ4n) is 12.3. The van der Waals surface area contributed by atoms with E-state index in [0.29, 0.717) is 23.7 Å². The van der Waals surface area contributed by atoms with Crippen molar-refractivity contribution in [2.75, 3.05) is 0 Å². The van der Waals surface area contributed by atoms with Crippen molar-refractivity contribution < 1.29 is 4.74 Å². The average molecular weight is 1040 g/mol. The number of benzene rings is 8. The van der Waals surface area contributed by atoms with Gasteiger partial charge in [0.1, 0.15) is 11.5 Å². The Labute approximate surface area is 462 Å². The lowest BCUT2D eigenvalue weighted by Gasteiger charge is -2.27. The maximum Gasteiger partial charge on any atom is 0.149 e. The Morgan fingerprint density at radius 2 is 0.613 bits per heavy atom. The summed E-state index contributed by atoms with van der Waals surface area (Å²) < 4.78 is 8.44. The van der Waals surface area contributed by atoms with E-state index in [9.17, 15) is 0 Å². The predicted molar refractivity (Wildman–Crippen MR) is 332 cm³/mol. The van der Waals surface area contributed by atoms with Gasteiger partial charge in [-0.25, -0.2) is 0 Å². The maximum atomic E-state index is 8.44. The molecule has 0 saturated heterocycles. The quantitative estimate of drug-likeness (QED) is 0.0416. The molecule has 3 heteroatoms. The molecule has 0 spiro atoms. The first kappa shape index (κ1) is 56.5. The van der Waals surface area contributed by atoms with Crippen molar-refractivity contribution in [1.29, 1.82) is 0 Å². The Kier molecular flexibility index (Phi) is 21.6. The normalized spacial score (nSPS) is 13.5.